The first-order valence-electron chi connectivity index (χ1n) is 13.7. The maximum absolute atomic E-state index is 14.1. The predicted molar refractivity (Wildman–Crippen MR) is 168 cm³/mol. The Hall–Kier alpha value is -3.27. The molecule has 0 aromatic heterocycles. The van der Waals surface area contributed by atoms with Crippen molar-refractivity contribution >= 4 is 50.7 Å². The van der Waals surface area contributed by atoms with Crippen LogP contribution in [0.2, 0.25) is 10.0 Å². The number of amides is 2. The Morgan fingerprint density at radius 3 is 2.17 bits per heavy atom. The van der Waals surface area contributed by atoms with Crippen molar-refractivity contribution in [2.45, 2.75) is 64.6 Å². The summed E-state index contributed by atoms with van der Waals surface area (Å²) in [4.78, 5) is 28.6. The van der Waals surface area contributed by atoms with E-state index in [-0.39, 0.29) is 29.1 Å². The minimum absolute atomic E-state index is 0.0321. The molecule has 11 heteroatoms. The minimum atomic E-state index is -4.18. The van der Waals surface area contributed by atoms with Gasteiger partial charge >= 0.3 is 0 Å². The van der Waals surface area contributed by atoms with E-state index in [2.05, 4.69) is 5.32 Å². The first kappa shape index (κ1) is 33.2. The van der Waals surface area contributed by atoms with E-state index >= 15 is 0 Å². The van der Waals surface area contributed by atoms with Crippen LogP contribution in [0.5, 0.6) is 5.75 Å². The third-order valence-electron chi connectivity index (χ3n) is 6.85. The highest BCUT2D eigenvalue weighted by molar-refractivity contribution is 7.92. The van der Waals surface area contributed by atoms with Crippen molar-refractivity contribution in [3.8, 4) is 5.75 Å². The largest absolute Gasteiger partial charge is 0.494 e. The van der Waals surface area contributed by atoms with Crippen LogP contribution < -0.4 is 14.4 Å². The molecule has 0 saturated heterocycles. The van der Waals surface area contributed by atoms with Crippen LogP contribution in [0.4, 0.5) is 5.69 Å². The lowest BCUT2D eigenvalue weighted by molar-refractivity contribution is -0.139. The number of hydrogen-bond donors (Lipinski definition) is 1. The van der Waals surface area contributed by atoms with Crippen molar-refractivity contribution in [1.82, 2.24) is 10.2 Å². The van der Waals surface area contributed by atoms with Gasteiger partial charge in [-0.15, -0.1) is 0 Å². The van der Waals surface area contributed by atoms with E-state index in [1.165, 1.54) is 17.0 Å². The number of halogens is 2. The van der Waals surface area contributed by atoms with Crippen LogP contribution in [0.3, 0.4) is 0 Å². The second-order valence-corrected chi connectivity index (χ2v) is 12.7. The summed E-state index contributed by atoms with van der Waals surface area (Å²) in [6.45, 7) is 8.97. The number of carbonyl (C=O) groups excluding carboxylic acids is 2. The summed E-state index contributed by atoms with van der Waals surface area (Å²) in [5, 5.41) is 3.66. The Kier molecular flexibility index (Phi) is 11.7. The number of aryl methyl sites for hydroxylation is 1. The molecule has 3 aromatic rings. The molecule has 0 aliphatic heterocycles. The fraction of sp³-hybridized carbons (Fsp3) is 0.355. The van der Waals surface area contributed by atoms with Crippen molar-refractivity contribution < 1.29 is 22.7 Å². The molecular formula is C31H37Cl2N3O5S. The molecule has 2 amide bonds. The Bertz CT molecular complexity index is 1480. The summed E-state index contributed by atoms with van der Waals surface area (Å²) in [5.74, 6) is -0.385. The lowest BCUT2D eigenvalue weighted by Gasteiger charge is -2.32. The molecule has 42 heavy (non-hydrogen) atoms. The third kappa shape index (κ3) is 8.40. The van der Waals surface area contributed by atoms with Gasteiger partial charge < -0.3 is 15.0 Å². The van der Waals surface area contributed by atoms with Crippen LogP contribution in [-0.4, -0.2) is 50.4 Å². The SMILES string of the molecule is CCOc1ccc(N(CC(=O)N(Cc2ccc(Cl)cc2Cl)[C@@H](C)C(=O)N[C@@H](C)CC)S(=O)(=O)c2ccc(C)cc2)cc1. The number of nitrogens with zero attached hydrogens (tertiary/aromatic N) is 2. The van der Waals surface area contributed by atoms with Crippen LogP contribution in [0.25, 0.3) is 0 Å². The molecule has 2 atom stereocenters. The lowest BCUT2D eigenvalue weighted by Crippen LogP contribution is -2.52. The van der Waals surface area contributed by atoms with Gasteiger partial charge in [0.1, 0.15) is 18.3 Å². The monoisotopic (exact) mass is 633 g/mol. The number of hydrogen-bond acceptors (Lipinski definition) is 5. The highest BCUT2D eigenvalue weighted by Gasteiger charge is 2.33. The smallest absolute Gasteiger partial charge is 0.264 e. The molecule has 0 unspecified atom stereocenters. The Balaban J connectivity index is 2.05. The van der Waals surface area contributed by atoms with Crippen molar-refractivity contribution in [3.63, 3.8) is 0 Å². The highest BCUT2D eigenvalue weighted by Crippen LogP contribution is 2.28. The van der Waals surface area contributed by atoms with Crippen molar-refractivity contribution in [2.24, 2.45) is 0 Å². The summed E-state index contributed by atoms with van der Waals surface area (Å²) >= 11 is 12.5. The number of ether oxygens (including phenoxy) is 1. The van der Waals surface area contributed by atoms with Crippen molar-refractivity contribution in [3.05, 3.63) is 87.9 Å². The first-order valence-corrected chi connectivity index (χ1v) is 15.9. The second kappa shape index (κ2) is 14.8. The number of sulfonamides is 1. The Morgan fingerprint density at radius 2 is 1.60 bits per heavy atom. The van der Waals surface area contributed by atoms with E-state index in [1.807, 2.05) is 27.7 Å². The summed E-state index contributed by atoms with van der Waals surface area (Å²) < 4.78 is 34.5. The zero-order valence-electron chi connectivity index (χ0n) is 24.4. The van der Waals surface area contributed by atoms with Crippen molar-refractivity contribution in [2.75, 3.05) is 17.5 Å². The Labute approximate surface area is 258 Å². The molecule has 3 aromatic carbocycles. The van der Waals surface area contributed by atoms with Gasteiger partial charge in [-0.25, -0.2) is 8.42 Å². The second-order valence-electron chi connectivity index (χ2n) is 10.0. The van der Waals surface area contributed by atoms with Crippen molar-refractivity contribution in [1.29, 1.82) is 0 Å². The number of carbonyl (C=O) groups is 2. The van der Waals surface area contributed by atoms with Gasteiger partial charge in [0, 0.05) is 22.6 Å². The van der Waals surface area contributed by atoms with E-state index in [4.69, 9.17) is 27.9 Å². The number of anilines is 1. The zero-order chi connectivity index (χ0) is 31.0. The molecular weight excluding hydrogens is 597 g/mol. The molecule has 0 radical (unpaired) electrons. The average molecular weight is 635 g/mol. The zero-order valence-corrected chi connectivity index (χ0v) is 26.8. The van der Waals surface area contributed by atoms with Crippen LogP contribution in [0, 0.1) is 6.92 Å². The molecule has 0 bridgehead atoms. The molecule has 0 aliphatic rings. The van der Waals surface area contributed by atoms with Gasteiger partial charge in [-0.2, -0.15) is 0 Å². The van der Waals surface area contributed by atoms with Crippen LogP contribution in [0.1, 0.15) is 45.2 Å². The van der Waals surface area contributed by atoms with Gasteiger partial charge in [0.05, 0.1) is 17.2 Å². The van der Waals surface area contributed by atoms with E-state index in [1.54, 1.807) is 61.5 Å². The molecule has 0 fully saturated rings. The molecule has 0 spiro atoms. The molecule has 8 nitrogen and oxygen atoms in total. The van der Waals surface area contributed by atoms with Gasteiger partial charge in [0.15, 0.2) is 0 Å². The van der Waals surface area contributed by atoms with Crippen LogP contribution >= 0.6 is 23.2 Å². The predicted octanol–water partition coefficient (Wildman–Crippen LogP) is 6.23. The Morgan fingerprint density at radius 1 is 0.952 bits per heavy atom. The molecule has 0 aliphatic carbocycles. The van der Waals surface area contributed by atoms with Gasteiger partial charge in [-0.3, -0.25) is 13.9 Å². The molecule has 3 rings (SSSR count). The third-order valence-corrected chi connectivity index (χ3v) is 9.22. The first-order chi connectivity index (χ1) is 19.9. The van der Waals surface area contributed by atoms with Gasteiger partial charge in [0.25, 0.3) is 10.0 Å². The molecule has 0 saturated carbocycles. The fourth-order valence-electron chi connectivity index (χ4n) is 4.12. The van der Waals surface area contributed by atoms with Gasteiger partial charge in [0.2, 0.25) is 11.8 Å². The molecule has 0 heterocycles. The quantitative estimate of drug-likeness (QED) is 0.241. The van der Waals surface area contributed by atoms with Crippen LogP contribution in [-0.2, 0) is 26.2 Å². The maximum Gasteiger partial charge on any atom is 0.264 e. The van der Waals surface area contributed by atoms with E-state index in [0.29, 0.717) is 34.4 Å². The summed E-state index contributed by atoms with van der Waals surface area (Å²) in [6, 6.07) is 16.7. The molecule has 1 N–H and O–H groups in total. The fourth-order valence-corrected chi connectivity index (χ4v) is 6.01. The normalized spacial score (nSPS) is 12.7. The van der Waals surface area contributed by atoms with E-state index in [9.17, 15) is 18.0 Å². The van der Waals surface area contributed by atoms with E-state index < -0.39 is 28.5 Å². The van der Waals surface area contributed by atoms with E-state index in [0.717, 1.165) is 9.87 Å². The topological polar surface area (TPSA) is 96.0 Å². The summed E-state index contributed by atoms with van der Waals surface area (Å²) in [6.07, 6.45) is 0.704. The summed E-state index contributed by atoms with van der Waals surface area (Å²) in [5.41, 5.74) is 1.73. The standard InChI is InChI=1S/C31H37Cl2N3O5S/c1-6-22(4)34-31(38)23(5)35(19-24-10-11-25(32)18-29(24)33)30(37)20-36(26-12-14-27(15-13-26)41-7-2)42(39,40)28-16-8-21(3)9-17-28/h8-18,22-23H,6-7,19-20H2,1-5H3,(H,34,38)/t22-,23-/m0/s1. The number of nitrogens with one attached hydrogen (secondary N) is 1. The summed E-state index contributed by atoms with van der Waals surface area (Å²) in [7, 11) is -4.18. The van der Waals surface area contributed by atoms with Crippen LogP contribution in [0.15, 0.2) is 71.6 Å². The lowest BCUT2D eigenvalue weighted by atomic mass is 10.1. The molecule has 226 valence electrons. The maximum atomic E-state index is 14.1. The van der Waals surface area contributed by atoms with Gasteiger partial charge in [-0.1, -0.05) is 53.9 Å². The number of rotatable bonds is 13. The number of benzene rings is 3. The average Bonchev–Trinajstić information content (AvgIpc) is 2.95. The van der Waals surface area contributed by atoms with Gasteiger partial charge in [-0.05, 0) is 88.2 Å². The minimum Gasteiger partial charge on any atom is -0.494 e. The highest BCUT2D eigenvalue weighted by atomic mass is 35.5.